The first-order chi connectivity index (χ1) is 58.4. The van der Waals surface area contributed by atoms with E-state index < -0.39 is 10.8 Å². The SMILES string of the molecule is c1ccc(-c2cccc(-c3cccc(-c4nc(-c5ccccc5)nc(-c5ccc6oc7cc(C8(c9ccccc9)c9ccccc9-c9ccccc98)ccc7c6c5)n4)c3)c2)cc1.c1ccc(-c2cccc(-c3nc(-c4ccccc4)nc(-c4ccc5oc6cc(C7(c8ccccc8)c8ccccc8-c8ccccc87)ccc6c5c4)n3)c2)cc1. The van der Waals surface area contributed by atoms with Crippen molar-refractivity contribution in [3.8, 4) is 124 Å². The molecule has 4 aromatic heterocycles. The van der Waals surface area contributed by atoms with Crippen molar-refractivity contribution in [1.29, 1.82) is 0 Å². The lowest BCUT2D eigenvalue weighted by Crippen LogP contribution is -2.28. The number of aromatic nitrogens is 6. The van der Waals surface area contributed by atoms with Crippen LogP contribution in [0.15, 0.2) is 433 Å². The maximum absolute atomic E-state index is 6.73. The molecule has 2 aliphatic carbocycles. The van der Waals surface area contributed by atoms with E-state index in [0.717, 1.165) is 105 Å². The highest BCUT2D eigenvalue weighted by Crippen LogP contribution is 2.59. The van der Waals surface area contributed by atoms with Crippen LogP contribution in [0, 0.1) is 0 Å². The quantitative estimate of drug-likeness (QED) is 0.112. The van der Waals surface area contributed by atoms with Crippen molar-refractivity contribution in [2.24, 2.45) is 0 Å². The molecule has 0 spiro atoms. The van der Waals surface area contributed by atoms with Gasteiger partial charge in [0.25, 0.3) is 0 Å². The lowest BCUT2D eigenvalue weighted by Gasteiger charge is -2.33. The van der Waals surface area contributed by atoms with E-state index in [1.165, 1.54) is 72.3 Å². The van der Waals surface area contributed by atoms with E-state index >= 15 is 0 Å². The molecule has 0 atom stereocenters. The van der Waals surface area contributed by atoms with Gasteiger partial charge in [-0.15, -0.1) is 0 Å². The molecule has 0 saturated carbocycles. The molecule has 0 N–H and O–H groups in total. The van der Waals surface area contributed by atoms with E-state index in [2.05, 4.69) is 340 Å². The third-order valence-corrected chi connectivity index (χ3v) is 23.6. The van der Waals surface area contributed by atoms with Gasteiger partial charge in [-0.25, -0.2) is 29.9 Å². The van der Waals surface area contributed by atoms with E-state index in [4.69, 9.17) is 38.7 Å². The first-order valence-corrected chi connectivity index (χ1v) is 39.9. The summed E-state index contributed by atoms with van der Waals surface area (Å²) in [6, 6.07) is 150. The van der Waals surface area contributed by atoms with Gasteiger partial charge in [0.15, 0.2) is 34.9 Å². The number of benzene rings is 17. The minimum atomic E-state index is -0.510. The average molecular weight is 1510 g/mol. The second-order valence-corrected chi connectivity index (χ2v) is 30.3. The predicted molar refractivity (Wildman–Crippen MR) is 478 cm³/mol. The summed E-state index contributed by atoms with van der Waals surface area (Å²) in [6.45, 7) is 0. The van der Waals surface area contributed by atoms with Crippen molar-refractivity contribution >= 4 is 43.9 Å². The summed E-state index contributed by atoms with van der Waals surface area (Å²) in [6.07, 6.45) is 0. The van der Waals surface area contributed by atoms with Gasteiger partial charge >= 0.3 is 0 Å². The first kappa shape index (κ1) is 69.1. The Labute approximate surface area is 682 Å². The number of hydrogen-bond donors (Lipinski definition) is 0. The molecule has 8 nitrogen and oxygen atoms in total. The molecular weight excluding hydrogens is 1440 g/mol. The summed E-state index contributed by atoms with van der Waals surface area (Å²) >= 11 is 0. The Morgan fingerprint density at radius 2 is 0.407 bits per heavy atom. The van der Waals surface area contributed by atoms with Crippen LogP contribution in [-0.4, -0.2) is 29.9 Å². The molecule has 4 heterocycles. The third-order valence-electron chi connectivity index (χ3n) is 23.6. The van der Waals surface area contributed by atoms with Crippen molar-refractivity contribution in [3.05, 3.63) is 469 Å². The van der Waals surface area contributed by atoms with Crippen molar-refractivity contribution in [1.82, 2.24) is 29.9 Å². The average Bonchev–Trinajstić information content (AvgIpc) is 1.54. The van der Waals surface area contributed by atoms with Crippen LogP contribution in [0.4, 0.5) is 0 Å². The van der Waals surface area contributed by atoms with Crippen molar-refractivity contribution in [2.45, 2.75) is 10.8 Å². The van der Waals surface area contributed by atoms with Crippen LogP contribution in [-0.2, 0) is 10.8 Å². The Hall–Kier alpha value is -15.6. The fraction of sp³-hybridized carbons (Fsp3) is 0.0182. The van der Waals surface area contributed by atoms with Crippen LogP contribution in [0.25, 0.3) is 168 Å². The number of nitrogens with zero attached hydrogens (tertiary/aromatic N) is 6. The Balaban J connectivity index is 0.000000143. The normalized spacial score (nSPS) is 12.7. The number of hydrogen-bond acceptors (Lipinski definition) is 8. The topological polar surface area (TPSA) is 104 Å². The zero-order chi connectivity index (χ0) is 78.1. The maximum atomic E-state index is 6.73. The molecule has 21 aromatic rings. The molecule has 0 fully saturated rings. The van der Waals surface area contributed by atoms with Crippen LogP contribution >= 0.6 is 0 Å². The van der Waals surface area contributed by atoms with E-state index in [0.29, 0.717) is 34.9 Å². The van der Waals surface area contributed by atoms with Gasteiger partial charge in [-0.1, -0.05) is 358 Å². The van der Waals surface area contributed by atoms with Crippen molar-refractivity contribution in [2.75, 3.05) is 0 Å². The van der Waals surface area contributed by atoms with Crippen LogP contribution in [0.3, 0.4) is 0 Å². The van der Waals surface area contributed by atoms with Gasteiger partial charge in [0.1, 0.15) is 22.3 Å². The van der Waals surface area contributed by atoms with Gasteiger partial charge in [0.2, 0.25) is 0 Å². The Bertz CT molecular complexity index is 7340. The van der Waals surface area contributed by atoms with Crippen LogP contribution < -0.4 is 0 Å². The largest absolute Gasteiger partial charge is 0.456 e. The number of furan rings is 2. The minimum absolute atomic E-state index is 0.500. The highest BCUT2D eigenvalue weighted by atomic mass is 16.3. The minimum Gasteiger partial charge on any atom is -0.456 e. The summed E-state index contributed by atoms with van der Waals surface area (Å²) in [4.78, 5) is 30.5. The molecule has 0 unspecified atom stereocenters. The molecule has 23 rings (SSSR count). The fourth-order valence-corrected chi connectivity index (χ4v) is 18.2. The highest BCUT2D eigenvalue weighted by Gasteiger charge is 2.48. The molecule has 0 saturated heterocycles. The maximum Gasteiger partial charge on any atom is 0.164 e. The monoisotopic (exact) mass is 1510 g/mol. The van der Waals surface area contributed by atoms with E-state index in [9.17, 15) is 0 Å². The zero-order valence-electron chi connectivity index (χ0n) is 63.9. The number of fused-ring (bicyclic) bond motifs is 12. The van der Waals surface area contributed by atoms with Gasteiger partial charge in [0, 0.05) is 54.9 Å². The molecule has 2 aliphatic rings. The van der Waals surface area contributed by atoms with Gasteiger partial charge in [0.05, 0.1) is 10.8 Å². The molecule has 8 heteroatoms. The highest BCUT2D eigenvalue weighted by molar-refractivity contribution is 6.08. The lowest BCUT2D eigenvalue weighted by molar-refractivity contribution is 0.665. The molecule has 118 heavy (non-hydrogen) atoms. The summed E-state index contributed by atoms with van der Waals surface area (Å²) in [5, 5.41) is 4.10. The Morgan fingerprint density at radius 3 is 0.746 bits per heavy atom. The number of rotatable bonds is 13. The predicted octanol–water partition coefficient (Wildman–Crippen LogP) is 27.3. The Morgan fingerprint density at radius 1 is 0.153 bits per heavy atom. The van der Waals surface area contributed by atoms with Crippen LogP contribution in [0.5, 0.6) is 0 Å². The van der Waals surface area contributed by atoms with Gasteiger partial charge in [-0.2, -0.15) is 0 Å². The fourth-order valence-electron chi connectivity index (χ4n) is 18.2. The van der Waals surface area contributed by atoms with Crippen molar-refractivity contribution in [3.63, 3.8) is 0 Å². The molecule has 0 bridgehead atoms. The molecule has 552 valence electrons. The summed E-state index contributed by atoms with van der Waals surface area (Å²) in [5.74, 6) is 3.68. The second-order valence-electron chi connectivity index (χ2n) is 30.3. The molecule has 0 aliphatic heterocycles. The smallest absolute Gasteiger partial charge is 0.164 e. The van der Waals surface area contributed by atoms with E-state index in [1.807, 2.05) is 84.9 Å². The summed E-state index contributed by atoms with van der Waals surface area (Å²) in [5.41, 5.74) is 29.5. The second kappa shape index (κ2) is 28.8. The van der Waals surface area contributed by atoms with Crippen molar-refractivity contribution < 1.29 is 8.83 Å². The van der Waals surface area contributed by atoms with E-state index in [1.54, 1.807) is 0 Å². The summed E-state index contributed by atoms with van der Waals surface area (Å²) in [7, 11) is 0. The standard InChI is InChI=1S/C58H37N3O.C52H33N3O/c1-4-16-38(17-5-1)40-20-14-21-41(34-40)42-22-15-23-43(35-42)56-59-55(39-18-6-2-7-19-39)60-57(61-56)44-30-33-53-50(36-44)49-32-31-46(37-54(49)62-53)58(45-24-8-3-9-25-45)51-28-12-10-26-47(51)48-27-11-13-29-52(48)58;1-4-15-34(16-5-1)36-19-14-20-37(31-36)50-53-49(35-17-6-2-7-18-35)54-51(55-50)38-27-30-47-44(32-38)43-29-28-40(33-48(43)56-47)52(39-21-8-3-9-22-39)45-25-12-10-23-41(45)42-24-11-13-26-46(42)52/h1-37H;1-33H. The summed E-state index contributed by atoms with van der Waals surface area (Å²) < 4.78 is 13.4. The van der Waals surface area contributed by atoms with Gasteiger partial charge in [-0.3, -0.25) is 0 Å². The lowest BCUT2D eigenvalue weighted by atomic mass is 9.67. The molecular formula is C110H70N6O2. The zero-order valence-corrected chi connectivity index (χ0v) is 63.9. The van der Waals surface area contributed by atoms with E-state index in [-0.39, 0.29) is 0 Å². The van der Waals surface area contributed by atoms with Gasteiger partial charge in [-0.05, 0) is 167 Å². The molecule has 17 aromatic carbocycles. The van der Waals surface area contributed by atoms with Crippen LogP contribution in [0.2, 0.25) is 0 Å². The first-order valence-electron chi connectivity index (χ1n) is 39.9. The Kier molecular flexibility index (Phi) is 16.9. The van der Waals surface area contributed by atoms with Crippen LogP contribution in [0.1, 0.15) is 44.5 Å². The third kappa shape index (κ3) is 11.8. The molecule has 0 amide bonds. The van der Waals surface area contributed by atoms with Gasteiger partial charge < -0.3 is 8.83 Å². The molecule has 0 radical (unpaired) electrons.